The van der Waals surface area contributed by atoms with Crippen molar-refractivity contribution in [3.8, 4) is 0 Å². The van der Waals surface area contributed by atoms with Gasteiger partial charge in [0.15, 0.2) is 5.96 Å². The number of unbranched alkanes of at least 4 members (excludes halogenated alkanes) is 1. The number of guanidine groups is 1. The first-order valence-corrected chi connectivity index (χ1v) is 8.87. The summed E-state index contributed by atoms with van der Waals surface area (Å²) in [5.74, 6) is 1.56. The average Bonchev–Trinajstić information content (AvgIpc) is 2.86. The van der Waals surface area contributed by atoms with Crippen molar-refractivity contribution < 1.29 is 4.74 Å². The van der Waals surface area contributed by atoms with Crippen LogP contribution < -0.4 is 10.6 Å². The quantitative estimate of drug-likeness (QED) is 0.251. The molecule has 138 valence electrons. The highest BCUT2D eigenvalue weighted by atomic mass is 127. The Bertz CT molecular complexity index is 326. The average molecular weight is 440 g/mol. The van der Waals surface area contributed by atoms with Gasteiger partial charge in [0.1, 0.15) is 0 Å². The van der Waals surface area contributed by atoms with Gasteiger partial charge in [0.2, 0.25) is 0 Å². The number of ether oxygens (including phenoxy) is 1. The van der Waals surface area contributed by atoms with Crippen LogP contribution in [0, 0.1) is 5.92 Å². The Kier molecular flexibility index (Phi) is 13.2. The number of likely N-dealkylation sites (tertiary alicyclic amines) is 1. The van der Waals surface area contributed by atoms with E-state index in [1.54, 1.807) is 0 Å². The van der Waals surface area contributed by atoms with Crippen LogP contribution in [-0.2, 0) is 4.74 Å². The highest BCUT2D eigenvalue weighted by molar-refractivity contribution is 14.0. The normalized spacial score (nSPS) is 22.3. The highest BCUT2D eigenvalue weighted by Gasteiger charge is 2.31. The Morgan fingerprint density at radius 1 is 1.26 bits per heavy atom. The molecule has 0 aromatic carbocycles. The molecule has 5 nitrogen and oxygen atoms in total. The van der Waals surface area contributed by atoms with Gasteiger partial charge in [-0.25, -0.2) is 0 Å². The third-order valence-corrected chi connectivity index (χ3v) is 4.32. The van der Waals surface area contributed by atoms with Gasteiger partial charge >= 0.3 is 0 Å². The number of hydrogen-bond acceptors (Lipinski definition) is 3. The lowest BCUT2D eigenvalue weighted by molar-refractivity contribution is 0.129. The van der Waals surface area contributed by atoms with Crippen molar-refractivity contribution >= 4 is 29.9 Å². The number of nitrogens with one attached hydrogen (secondary N) is 2. The van der Waals surface area contributed by atoms with Crippen molar-refractivity contribution in [3.05, 3.63) is 0 Å². The minimum absolute atomic E-state index is 0. The SMILES string of the molecule is CCCCOCCCNC(=NC)NC1CN(C(C)C)CC1C.I. The maximum atomic E-state index is 5.57. The maximum absolute atomic E-state index is 5.57. The topological polar surface area (TPSA) is 48.9 Å². The fraction of sp³-hybridized carbons (Fsp3) is 0.941. The van der Waals surface area contributed by atoms with E-state index in [0.717, 1.165) is 51.6 Å². The molecule has 1 aliphatic rings. The summed E-state index contributed by atoms with van der Waals surface area (Å²) in [4.78, 5) is 6.86. The van der Waals surface area contributed by atoms with Crippen LogP contribution in [-0.4, -0.2) is 62.8 Å². The fourth-order valence-corrected chi connectivity index (χ4v) is 2.71. The standard InChI is InChI=1S/C17H36N4O.HI/c1-6-7-10-22-11-8-9-19-17(18-5)20-16-13-21(14(2)3)12-15(16)4;/h14-16H,6-13H2,1-5H3,(H2,18,19,20);1H. The Balaban J connectivity index is 0.00000484. The summed E-state index contributed by atoms with van der Waals surface area (Å²) >= 11 is 0. The molecule has 0 amide bonds. The molecule has 23 heavy (non-hydrogen) atoms. The minimum Gasteiger partial charge on any atom is -0.381 e. The molecule has 0 aliphatic carbocycles. The lowest BCUT2D eigenvalue weighted by atomic mass is 10.1. The molecule has 1 saturated heterocycles. The summed E-state index contributed by atoms with van der Waals surface area (Å²) in [5.41, 5.74) is 0. The second kappa shape index (κ2) is 13.2. The molecule has 0 saturated carbocycles. The summed E-state index contributed by atoms with van der Waals surface area (Å²) in [6.45, 7) is 13.9. The van der Waals surface area contributed by atoms with E-state index in [2.05, 4.69) is 48.2 Å². The maximum Gasteiger partial charge on any atom is 0.191 e. The smallest absolute Gasteiger partial charge is 0.191 e. The second-order valence-electron chi connectivity index (χ2n) is 6.59. The van der Waals surface area contributed by atoms with E-state index in [9.17, 15) is 0 Å². The third kappa shape index (κ3) is 9.10. The molecular formula is C17H37IN4O. The number of halogens is 1. The lowest BCUT2D eigenvalue weighted by Gasteiger charge is -2.22. The largest absolute Gasteiger partial charge is 0.381 e. The molecule has 0 radical (unpaired) electrons. The van der Waals surface area contributed by atoms with Crippen LogP contribution >= 0.6 is 24.0 Å². The summed E-state index contributed by atoms with van der Waals surface area (Å²) in [7, 11) is 1.84. The summed E-state index contributed by atoms with van der Waals surface area (Å²) in [6.07, 6.45) is 3.37. The zero-order valence-corrected chi connectivity index (χ0v) is 17.9. The number of nitrogens with zero attached hydrogens (tertiary/aromatic N) is 2. The van der Waals surface area contributed by atoms with Gasteiger partial charge in [0, 0.05) is 52.0 Å². The van der Waals surface area contributed by atoms with Crippen LogP contribution in [0.25, 0.3) is 0 Å². The summed E-state index contributed by atoms with van der Waals surface area (Å²) in [5, 5.41) is 6.96. The molecule has 6 heteroatoms. The highest BCUT2D eigenvalue weighted by Crippen LogP contribution is 2.18. The van der Waals surface area contributed by atoms with Gasteiger partial charge in [-0.15, -0.1) is 24.0 Å². The van der Waals surface area contributed by atoms with Gasteiger partial charge < -0.3 is 15.4 Å². The molecule has 0 spiro atoms. The van der Waals surface area contributed by atoms with Crippen molar-refractivity contribution in [1.29, 1.82) is 0 Å². The lowest BCUT2D eigenvalue weighted by Crippen LogP contribution is -2.47. The van der Waals surface area contributed by atoms with Gasteiger partial charge in [-0.2, -0.15) is 0 Å². The van der Waals surface area contributed by atoms with Crippen LogP contribution in [0.2, 0.25) is 0 Å². The van der Waals surface area contributed by atoms with Crippen molar-refractivity contribution in [2.24, 2.45) is 10.9 Å². The van der Waals surface area contributed by atoms with Crippen LogP contribution in [0.5, 0.6) is 0 Å². The molecular weight excluding hydrogens is 403 g/mol. The second-order valence-corrected chi connectivity index (χ2v) is 6.59. The van der Waals surface area contributed by atoms with Gasteiger partial charge in [0.25, 0.3) is 0 Å². The van der Waals surface area contributed by atoms with E-state index in [0.29, 0.717) is 18.0 Å². The van der Waals surface area contributed by atoms with E-state index >= 15 is 0 Å². The van der Waals surface area contributed by atoms with Crippen molar-refractivity contribution in [3.63, 3.8) is 0 Å². The predicted octanol–water partition coefficient (Wildman–Crippen LogP) is 2.70. The van der Waals surface area contributed by atoms with Crippen LogP contribution in [0.3, 0.4) is 0 Å². The Morgan fingerprint density at radius 3 is 2.52 bits per heavy atom. The first kappa shape index (κ1) is 22.9. The van der Waals surface area contributed by atoms with Crippen molar-refractivity contribution in [1.82, 2.24) is 15.5 Å². The zero-order chi connectivity index (χ0) is 16.4. The van der Waals surface area contributed by atoms with Gasteiger partial charge in [-0.1, -0.05) is 20.3 Å². The van der Waals surface area contributed by atoms with Gasteiger partial charge in [0.05, 0.1) is 0 Å². The Hall–Kier alpha value is -0.0800. The van der Waals surface area contributed by atoms with E-state index < -0.39 is 0 Å². The summed E-state index contributed by atoms with van der Waals surface area (Å²) in [6, 6.07) is 1.10. The van der Waals surface area contributed by atoms with E-state index in [4.69, 9.17) is 4.74 Å². The number of aliphatic imine (C=N–C) groups is 1. The molecule has 1 heterocycles. The summed E-state index contributed by atoms with van der Waals surface area (Å²) < 4.78 is 5.57. The molecule has 1 aliphatic heterocycles. The first-order chi connectivity index (χ1) is 10.6. The Morgan fingerprint density at radius 2 is 1.96 bits per heavy atom. The molecule has 2 unspecified atom stereocenters. The predicted molar refractivity (Wildman–Crippen MR) is 110 cm³/mol. The third-order valence-electron chi connectivity index (χ3n) is 4.32. The van der Waals surface area contributed by atoms with Gasteiger partial charge in [-0.05, 0) is 32.6 Å². The zero-order valence-electron chi connectivity index (χ0n) is 15.6. The van der Waals surface area contributed by atoms with E-state index in [1.807, 2.05) is 7.05 Å². The van der Waals surface area contributed by atoms with E-state index in [1.165, 1.54) is 6.42 Å². The van der Waals surface area contributed by atoms with Gasteiger partial charge in [-0.3, -0.25) is 9.89 Å². The van der Waals surface area contributed by atoms with Crippen LogP contribution in [0.1, 0.15) is 47.0 Å². The van der Waals surface area contributed by atoms with Crippen molar-refractivity contribution in [2.45, 2.75) is 59.0 Å². The van der Waals surface area contributed by atoms with Crippen LogP contribution in [0.4, 0.5) is 0 Å². The molecule has 2 atom stereocenters. The molecule has 0 bridgehead atoms. The number of rotatable bonds is 9. The molecule has 0 aromatic heterocycles. The molecule has 1 fully saturated rings. The van der Waals surface area contributed by atoms with Crippen LogP contribution in [0.15, 0.2) is 4.99 Å². The molecule has 1 rings (SSSR count). The minimum atomic E-state index is 0. The fourth-order valence-electron chi connectivity index (χ4n) is 2.71. The number of hydrogen-bond donors (Lipinski definition) is 2. The van der Waals surface area contributed by atoms with Crippen molar-refractivity contribution in [2.75, 3.05) is 39.9 Å². The molecule has 0 aromatic rings. The Labute approximate surface area is 160 Å². The van der Waals surface area contributed by atoms with E-state index in [-0.39, 0.29) is 24.0 Å². The molecule has 2 N–H and O–H groups in total. The monoisotopic (exact) mass is 440 g/mol. The first-order valence-electron chi connectivity index (χ1n) is 8.87.